The Bertz CT molecular complexity index is 1400. The van der Waals surface area contributed by atoms with Crippen molar-refractivity contribution in [2.45, 2.75) is 31.4 Å². The van der Waals surface area contributed by atoms with Gasteiger partial charge in [0, 0.05) is 10.7 Å². The van der Waals surface area contributed by atoms with Crippen molar-refractivity contribution in [1.82, 2.24) is 0 Å². The molecule has 8 heteroatoms. The van der Waals surface area contributed by atoms with Gasteiger partial charge in [0.25, 0.3) is 5.91 Å². The van der Waals surface area contributed by atoms with Crippen molar-refractivity contribution < 1.29 is 14.3 Å². The third-order valence-electron chi connectivity index (χ3n) is 5.99. The monoisotopic (exact) mass is 531 g/mol. The van der Waals surface area contributed by atoms with Crippen LogP contribution in [0.3, 0.4) is 0 Å². The van der Waals surface area contributed by atoms with E-state index in [-0.39, 0.29) is 11.5 Å². The van der Waals surface area contributed by atoms with Crippen LogP contribution in [0.2, 0.25) is 5.02 Å². The number of anilines is 2. The van der Waals surface area contributed by atoms with Crippen LogP contribution in [-0.4, -0.2) is 24.2 Å². The zero-order valence-electron chi connectivity index (χ0n) is 20.7. The van der Waals surface area contributed by atoms with E-state index in [4.69, 9.17) is 16.3 Å². The molecule has 1 saturated heterocycles. The molecule has 0 aromatic heterocycles. The molecule has 37 heavy (non-hydrogen) atoms. The molecule has 1 aliphatic rings. The summed E-state index contributed by atoms with van der Waals surface area (Å²) >= 11 is 7.37. The molecule has 4 rings (SSSR count). The van der Waals surface area contributed by atoms with Crippen LogP contribution >= 0.6 is 23.4 Å². The number of halogens is 1. The van der Waals surface area contributed by atoms with E-state index in [1.807, 2.05) is 48.5 Å². The number of rotatable bonds is 7. The minimum atomic E-state index is -0.616. The number of nitriles is 1. The summed E-state index contributed by atoms with van der Waals surface area (Å²) in [7, 11) is 1.50. The van der Waals surface area contributed by atoms with Crippen LogP contribution < -0.4 is 15.0 Å². The van der Waals surface area contributed by atoms with E-state index in [1.54, 1.807) is 30.3 Å². The summed E-state index contributed by atoms with van der Waals surface area (Å²) in [4.78, 5) is 28.5. The van der Waals surface area contributed by atoms with Gasteiger partial charge in [-0.25, -0.2) is 0 Å². The Morgan fingerprint density at radius 1 is 1.14 bits per heavy atom. The van der Waals surface area contributed by atoms with Crippen molar-refractivity contribution in [3.63, 3.8) is 0 Å². The number of hydrogen-bond donors (Lipinski definition) is 1. The minimum Gasteiger partial charge on any atom is -0.495 e. The molecule has 1 heterocycles. The average Bonchev–Trinajstić information content (AvgIpc) is 3.20. The first-order valence-electron chi connectivity index (χ1n) is 11.8. The van der Waals surface area contributed by atoms with Gasteiger partial charge in [0.05, 0.1) is 18.0 Å². The van der Waals surface area contributed by atoms with Gasteiger partial charge in [0.15, 0.2) is 0 Å². The number of methoxy groups -OCH3 is 1. The smallest absolute Gasteiger partial charge is 0.269 e. The van der Waals surface area contributed by atoms with Crippen molar-refractivity contribution in [2.75, 3.05) is 17.3 Å². The Hall–Kier alpha value is -3.73. The van der Waals surface area contributed by atoms with Crippen molar-refractivity contribution in [3.8, 4) is 11.8 Å². The molecule has 0 bridgehead atoms. The topological polar surface area (TPSA) is 82.4 Å². The Morgan fingerprint density at radius 3 is 2.51 bits per heavy atom. The summed E-state index contributed by atoms with van der Waals surface area (Å²) < 4.78 is 5.32. The molecule has 1 atom stereocenters. The molecule has 0 saturated carbocycles. The van der Waals surface area contributed by atoms with Crippen LogP contribution in [0, 0.1) is 11.3 Å². The van der Waals surface area contributed by atoms with E-state index < -0.39 is 11.2 Å². The molecule has 1 N–H and O–H groups in total. The summed E-state index contributed by atoms with van der Waals surface area (Å²) in [6.07, 6.45) is 0.404. The zero-order chi connectivity index (χ0) is 26.5. The van der Waals surface area contributed by atoms with E-state index in [9.17, 15) is 14.9 Å². The number of amides is 2. The molecule has 0 radical (unpaired) electrons. The molecule has 1 aliphatic heterocycles. The van der Waals surface area contributed by atoms with Gasteiger partial charge < -0.3 is 10.1 Å². The minimum absolute atomic E-state index is 0.147. The first-order chi connectivity index (χ1) is 17.8. The van der Waals surface area contributed by atoms with E-state index >= 15 is 0 Å². The van der Waals surface area contributed by atoms with Gasteiger partial charge in [0.2, 0.25) is 5.91 Å². The molecule has 6 nitrogen and oxygen atoms in total. The number of carbonyl (C=O) groups is 2. The standard InChI is InChI=1S/C29H26ClN3O3S/c1-18(2)20-11-13-22(14-12-20)33-28(35)26(16-19-7-6-8-21(30)15-19)37-29(33)23(17-31)27(34)32-24-9-4-5-10-25(24)36-3/h4-15,18,26H,16H2,1-3H3,(H,32,34)/b29-23-. The lowest BCUT2D eigenvalue weighted by Gasteiger charge is -2.20. The van der Waals surface area contributed by atoms with Gasteiger partial charge in [0.1, 0.15) is 22.4 Å². The third-order valence-corrected chi connectivity index (χ3v) is 7.49. The molecule has 2 amide bonds. The lowest BCUT2D eigenvalue weighted by molar-refractivity contribution is -0.117. The molecule has 0 aliphatic carbocycles. The SMILES string of the molecule is COc1ccccc1NC(=O)/C(C#N)=C1\SC(Cc2cccc(Cl)c2)C(=O)N1c1ccc(C(C)C)cc1. The Kier molecular flexibility index (Phi) is 8.22. The van der Waals surface area contributed by atoms with Crippen molar-refractivity contribution in [2.24, 2.45) is 0 Å². The number of carbonyl (C=O) groups excluding carboxylic acids is 2. The molecular formula is C29H26ClN3O3S. The van der Waals surface area contributed by atoms with E-state index in [1.165, 1.54) is 23.8 Å². The summed E-state index contributed by atoms with van der Waals surface area (Å²) in [5.74, 6) is -0.0255. The third kappa shape index (κ3) is 5.82. The Balaban J connectivity index is 1.74. The number of ether oxygens (including phenoxy) is 1. The molecule has 1 unspecified atom stereocenters. The van der Waals surface area contributed by atoms with Gasteiger partial charge in [-0.05, 0) is 59.9 Å². The highest BCUT2D eigenvalue weighted by Gasteiger charge is 2.41. The second kappa shape index (κ2) is 11.5. The van der Waals surface area contributed by atoms with E-state index in [0.29, 0.717) is 39.5 Å². The normalized spacial score (nSPS) is 16.5. The molecule has 3 aromatic rings. The molecule has 188 valence electrons. The number of thioether (sulfide) groups is 1. The number of nitrogens with zero attached hydrogens (tertiary/aromatic N) is 2. The van der Waals surface area contributed by atoms with Gasteiger partial charge >= 0.3 is 0 Å². The fourth-order valence-corrected chi connectivity index (χ4v) is 5.56. The Morgan fingerprint density at radius 2 is 1.86 bits per heavy atom. The van der Waals surface area contributed by atoms with Crippen LogP contribution in [0.1, 0.15) is 30.9 Å². The van der Waals surface area contributed by atoms with Crippen molar-refractivity contribution in [1.29, 1.82) is 5.26 Å². The van der Waals surface area contributed by atoms with Gasteiger partial charge in [-0.15, -0.1) is 0 Å². The van der Waals surface area contributed by atoms with Crippen LogP contribution in [0.4, 0.5) is 11.4 Å². The van der Waals surface area contributed by atoms with Crippen LogP contribution in [0.25, 0.3) is 0 Å². The zero-order valence-corrected chi connectivity index (χ0v) is 22.3. The molecule has 0 spiro atoms. The number of benzene rings is 3. The predicted molar refractivity (Wildman–Crippen MR) is 149 cm³/mol. The van der Waals surface area contributed by atoms with Gasteiger partial charge in [-0.2, -0.15) is 5.26 Å². The average molecular weight is 532 g/mol. The van der Waals surface area contributed by atoms with Crippen LogP contribution in [0.15, 0.2) is 83.4 Å². The predicted octanol–water partition coefficient (Wildman–Crippen LogP) is 6.54. The van der Waals surface area contributed by atoms with E-state index in [0.717, 1.165) is 11.1 Å². The quantitative estimate of drug-likeness (QED) is 0.276. The highest BCUT2D eigenvalue weighted by molar-refractivity contribution is 8.05. The maximum atomic E-state index is 13.7. The van der Waals surface area contributed by atoms with Crippen molar-refractivity contribution >= 4 is 46.6 Å². The largest absolute Gasteiger partial charge is 0.495 e. The number of nitrogens with one attached hydrogen (secondary N) is 1. The highest BCUT2D eigenvalue weighted by Crippen LogP contribution is 2.42. The van der Waals surface area contributed by atoms with E-state index in [2.05, 4.69) is 19.2 Å². The second-order valence-electron chi connectivity index (χ2n) is 8.81. The fourth-order valence-electron chi connectivity index (χ4n) is 4.04. The number of hydrogen-bond acceptors (Lipinski definition) is 5. The van der Waals surface area contributed by atoms with Gasteiger partial charge in [-0.1, -0.05) is 73.6 Å². The maximum Gasteiger partial charge on any atom is 0.269 e. The summed E-state index contributed by atoms with van der Waals surface area (Å²) in [6, 6.07) is 23.9. The fraction of sp³-hybridized carbons (Fsp3) is 0.207. The number of para-hydroxylation sites is 2. The van der Waals surface area contributed by atoms with Crippen LogP contribution in [-0.2, 0) is 16.0 Å². The maximum absolute atomic E-state index is 13.7. The summed E-state index contributed by atoms with van der Waals surface area (Å²) in [5.41, 5.74) is 2.90. The van der Waals surface area contributed by atoms with Crippen LogP contribution in [0.5, 0.6) is 5.75 Å². The lowest BCUT2D eigenvalue weighted by Crippen LogP contribution is -2.31. The Labute approximate surface area is 225 Å². The lowest BCUT2D eigenvalue weighted by atomic mass is 10.0. The first-order valence-corrected chi connectivity index (χ1v) is 13.0. The summed E-state index contributed by atoms with van der Waals surface area (Å²) in [6.45, 7) is 4.18. The highest BCUT2D eigenvalue weighted by atomic mass is 35.5. The molecule has 1 fully saturated rings. The van der Waals surface area contributed by atoms with Gasteiger partial charge in [-0.3, -0.25) is 14.5 Å². The van der Waals surface area contributed by atoms with Crippen molar-refractivity contribution in [3.05, 3.63) is 99.5 Å². The second-order valence-corrected chi connectivity index (χ2v) is 10.4. The molecular weight excluding hydrogens is 506 g/mol. The summed E-state index contributed by atoms with van der Waals surface area (Å²) in [5, 5.41) is 13.2. The molecule has 3 aromatic carbocycles. The first kappa shape index (κ1) is 26.3.